The van der Waals surface area contributed by atoms with Gasteiger partial charge in [-0.1, -0.05) is 12.1 Å². The molecule has 3 aromatic rings. The van der Waals surface area contributed by atoms with E-state index in [1.165, 1.54) is 6.07 Å². The molecule has 0 aliphatic heterocycles. The van der Waals surface area contributed by atoms with Gasteiger partial charge in [0.05, 0.1) is 16.7 Å². The molecule has 4 nitrogen and oxygen atoms in total. The zero-order valence-electron chi connectivity index (χ0n) is 12.5. The van der Waals surface area contributed by atoms with Crippen LogP contribution in [0.2, 0.25) is 0 Å². The van der Waals surface area contributed by atoms with E-state index >= 15 is 0 Å². The molecule has 3 rings (SSSR count). The highest BCUT2D eigenvalue weighted by Crippen LogP contribution is 2.22. The molecular weight excluding hydrogens is 299 g/mol. The summed E-state index contributed by atoms with van der Waals surface area (Å²) in [5, 5.41) is 6.50. The van der Waals surface area contributed by atoms with Gasteiger partial charge in [-0.3, -0.25) is 5.32 Å². The quantitative estimate of drug-likeness (QED) is 0.786. The molecule has 1 N–H and O–H groups in total. The first-order valence-electron chi connectivity index (χ1n) is 7.00. The molecule has 0 spiro atoms. The highest BCUT2D eigenvalue weighted by Gasteiger charge is 2.18. The minimum atomic E-state index is -0.247. The summed E-state index contributed by atoms with van der Waals surface area (Å²) in [5.41, 5.74) is 1.83. The van der Waals surface area contributed by atoms with E-state index < -0.39 is 0 Å². The van der Waals surface area contributed by atoms with Crippen LogP contribution in [0.4, 0.5) is 4.39 Å². The van der Waals surface area contributed by atoms with Crippen LogP contribution in [-0.2, 0) is 13.6 Å². The molecule has 0 fully saturated rings. The second-order valence-electron chi connectivity index (χ2n) is 5.12. The molecule has 0 amide bonds. The Morgan fingerprint density at radius 2 is 2.27 bits per heavy atom. The summed E-state index contributed by atoms with van der Waals surface area (Å²) < 4.78 is 15.5. The van der Waals surface area contributed by atoms with E-state index in [1.807, 2.05) is 36.2 Å². The fourth-order valence-electron chi connectivity index (χ4n) is 2.40. The Labute approximate surface area is 132 Å². The molecule has 0 saturated carbocycles. The lowest BCUT2D eigenvalue weighted by Crippen LogP contribution is -2.25. The molecule has 6 heteroatoms. The number of nitrogens with zero attached hydrogens (tertiary/aromatic N) is 3. The molecule has 2 heterocycles. The summed E-state index contributed by atoms with van der Waals surface area (Å²) in [5.74, 6) is 0.598. The molecule has 0 radical (unpaired) electrons. The summed E-state index contributed by atoms with van der Waals surface area (Å²) in [6.07, 6.45) is 3.63. The zero-order chi connectivity index (χ0) is 15.5. The van der Waals surface area contributed by atoms with Gasteiger partial charge >= 0.3 is 0 Å². The van der Waals surface area contributed by atoms with Gasteiger partial charge < -0.3 is 4.57 Å². The van der Waals surface area contributed by atoms with Crippen molar-refractivity contribution in [2.75, 3.05) is 0 Å². The maximum atomic E-state index is 13.6. The van der Waals surface area contributed by atoms with Crippen LogP contribution in [0.15, 0.2) is 42.0 Å². The topological polar surface area (TPSA) is 42.7 Å². The van der Waals surface area contributed by atoms with E-state index in [-0.39, 0.29) is 11.9 Å². The first-order chi connectivity index (χ1) is 10.6. The monoisotopic (exact) mass is 316 g/mol. The van der Waals surface area contributed by atoms with Gasteiger partial charge in [0.15, 0.2) is 0 Å². The summed E-state index contributed by atoms with van der Waals surface area (Å²) in [6, 6.07) is 6.43. The minimum absolute atomic E-state index is 0.183. The van der Waals surface area contributed by atoms with Crippen LogP contribution >= 0.6 is 11.3 Å². The largest absolute Gasteiger partial charge is 0.336 e. The SMILES string of the molecule is Cc1nc(CN[C@@H](c2cccc(F)c2)c2nccn2C)cs1. The number of hydrogen-bond acceptors (Lipinski definition) is 4. The Hall–Kier alpha value is -2.05. The third kappa shape index (κ3) is 3.23. The van der Waals surface area contributed by atoms with Gasteiger partial charge in [0.25, 0.3) is 0 Å². The van der Waals surface area contributed by atoms with Crippen molar-refractivity contribution in [3.05, 3.63) is 69.9 Å². The van der Waals surface area contributed by atoms with Gasteiger partial charge in [0.1, 0.15) is 11.6 Å². The second-order valence-corrected chi connectivity index (χ2v) is 6.19. The Morgan fingerprint density at radius 1 is 1.41 bits per heavy atom. The standard InChI is InChI=1S/C16H17FN4S/c1-11-20-14(10-22-11)9-19-15(16-18-6-7-21(16)2)12-4-3-5-13(17)8-12/h3-8,10,15,19H,9H2,1-2H3/t15-/m0/s1. The van der Waals surface area contributed by atoms with Crippen LogP contribution in [0, 0.1) is 12.7 Å². The zero-order valence-corrected chi connectivity index (χ0v) is 13.3. The molecular formula is C16H17FN4S. The second kappa shape index (κ2) is 6.37. The van der Waals surface area contributed by atoms with Crippen LogP contribution in [0.25, 0.3) is 0 Å². The Balaban J connectivity index is 1.88. The van der Waals surface area contributed by atoms with Crippen molar-refractivity contribution in [2.45, 2.75) is 19.5 Å². The molecule has 1 aromatic carbocycles. The van der Waals surface area contributed by atoms with E-state index in [9.17, 15) is 4.39 Å². The third-order valence-electron chi connectivity index (χ3n) is 3.45. The molecule has 1 atom stereocenters. The lowest BCUT2D eigenvalue weighted by atomic mass is 10.1. The van der Waals surface area contributed by atoms with Crippen molar-refractivity contribution in [1.82, 2.24) is 19.9 Å². The van der Waals surface area contributed by atoms with E-state index in [0.29, 0.717) is 6.54 Å². The van der Waals surface area contributed by atoms with Crippen molar-refractivity contribution in [2.24, 2.45) is 7.05 Å². The molecule has 0 aliphatic carbocycles. The van der Waals surface area contributed by atoms with Crippen LogP contribution in [0.5, 0.6) is 0 Å². The highest BCUT2D eigenvalue weighted by atomic mass is 32.1. The Kier molecular flexibility index (Phi) is 4.31. The number of benzene rings is 1. The van der Waals surface area contributed by atoms with E-state index in [4.69, 9.17) is 0 Å². The predicted octanol–water partition coefficient (Wildman–Crippen LogP) is 3.20. The number of rotatable bonds is 5. The van der Waals surface area contributed by atoms with E-state index in [1.54, 1.807) is 29.7 Å². The molecule has 0 saturated heterocycles. The van der Waals surface area contributed by atoms with Crippen molar-refractivity contribution in [1.29, 1.82) is 0 Å². The van der Waals surface area contributed by atoms with Gasteiger partial charge in [-0.2, -0.15) is 0 Å². The van der Waals surface area contributed by atoms with Crippen molar-refractivity contribution in [3.8, 4) is 0 Å². The summed E-state index contributed by atoms with van der Waals surface area (Å²) >= 11 is 1.62. The van der Waals surface area contributed by atoms with Crippen molar-refractivity contribution < 1.29 is 4.39 Å². The van der Waals surface area contributed by atoms with E-state index in [2.05, 4.69) is 15.3 Å². The van der Waals surface area contributed by atoms with Crippen molar-refractivity contribution >= 4 is 11.3 Å². The van der Waals surface area contributed by atoms with Crippen LogP contribution in [0.3, 0.4) is 0 Å². The Morgan fingerprint density at radius 3 is 2.91 bits per heavy atom. The van der Waals surface area contributed by atoms with Crippen LogP contribution in [-0.4, -0.2) is 14.5 Å². The summed E-state index contributed by atoms with van der Waals surface area (Å²) in [6.45, 7) is 2.59. The number of aromatic nitrogens is 3. The Bertz CT molecular complexity index is 765. The molecule has 22 heavy (non-hydrogen) atoms. The maximum Gasteiger partial charge on any atom is 0.130 e. The molecule has 114 valence electrons. The fourth-order valence-corrected chi connectivity index (χ4v) is 3.01. The van der Waals surface area contributed by atoms with Crippen LogP contribution < -0.4 is 5.32 Å². The number of thiazole rings is 1. The molecule has 0 unspecified atom stereocenters. The maximum absolute atomic E-state index is 13.6. The predicted molar refractivity (Wildman–Crippen MR) is 85.1 cm³/mol. The third-order valence-corrected chi connectivity index (χ3v) is 4.27. The number of aryl methyl sites for hydroxylation is 2. The lowest BCUT2D eigenvalue weighted by Gasteiger charge is -2.18. The number of nitrogens with one attached hydrogen (secondary N) is 1. The minimum Gasteiger partial charge on any atom is -0.336 e. The number of halogens is 1. The van der Waals surface area contributed by atoms with Gasteiger partial charge in [-0.15, -0.1) is 11.3 Å². The molecule has 2 aromatic heterocycles. The number of hydrogen-bond donors (Lipinski definition) is 1. The lowest BCUT2D eigenvalue weighted by molar-refractivity contribution is 0.547. The van der Waals surface area contributed by atoms with E-state index in [0.717, 1.165) is 22.1 Å². The summed E-state index contributed by atoms with van der Waals surface area (Å²) in [7, 11) is 1.93. The fraction of sp³-hybridized carbons (Fsp3) is 0.250. The molecule has 0 aliphatic rings. The van der Waals surface area contributed by atoms with Gasteiger partial charge in [0.2, 0.25) is 0 Å². The van der Waals surface area contributed by atoms with Crippen LogP contribution in [0.1, 0.15) is 28.1 Å². The number of imidazole rings is 1. The van der Waals surface area contributed by atoms with Gasteiger partial charge in [-0.05, 0) is 24.6 Å². The molecule has 0 bridgehead atoms. The van der Waals surface area contributed by atoms with Gasteiger partial charge in [-0.25, -0.2) is 14.4 Å². The average molecular weight is 316 g/mol. The van der Waals surface area contributed by atoms with Crippen molar-refractivity contribution in [3.63, 3.8) is 0 Å². The first-order valence-corrected chi connectivity index (χ1v) is 7.88. The normalized spacial score (nSPS) is 12.5. The summed E-state index contributed by atoms with van der Waals surface area (Å²) in [4.78, 5) is 8.85. The van der Waals surface area contributed by atoms with Gasteiger partial charge in [0, 0.05) is 31.4 Å². The first kappa shape index (κ1) is 14.9. The highest BCUT2D eigenvalue weighted by molar-refractivity contribution is 7.09. The average Bonchev–Trinajstić information content (AvgIpc) is 3.09. The smallest absolute Gasteiger partial charge is 0.130 e.